The van der Waals surface area contributed by atoms with Gasteiger partial charge in [-0.3, -0.25) is 14.9 Å². The first-order chi connectivity index (χ1) is 17.4. The highest BCUT2D eigenvalue weighted by molar-refractivity contribution is 6.06. The number of aromatic nitrogens is 1. The summed E-state index contributed by atoms with van der Waals surface area (Å²) in [6.07, 6.45) is 3.26. The van der Waals surface area contributed by atoms with Crippen LogP contribution in [0.5, 0.6) is 0 Å². The molecular weight excluding hydrogens is 456 g/mol. The molecule has 0 aliphatic carbocycles. The largest absolute Gasteiger partial charge is 0.454 e. The van der Waals surface area contributed by atoms with Gasteiger partial charge in [0.15, 0.2) is 6.61 Å². The van der Waals surface area contributed by atoms with E-state index in [0.717, 1.165) is 30.4 Å². The van der Waals surface area contributed by atoms with Crippen LogP contribution in [0, 0.1) is 17.0 Å². The first-order valence-electron chi connectivity index (χ1n) is 11.8. The molecule has 0 saturated carbocycles. The summed E-state index contributed by atoms with van der Waals surface area (Å²) >= 11 is 0. The number of esters is 1. The Hall–Kier alpha value is -4.39. The Morgan fingerprint density at radius 3 is 2.50 bits per heavy atom. The molecule has 0 unspecified atom stereocenters. The second-order valence-electron chi connectivity index (χ2n) is 8.68. The monoisotopic (exact) mass is 482 g/mol. The summed E-state index contributed by atoms with van der Waals surface area (Å²) in [5.74, 6) is -1.18. The van der Waals surface area contributed by atoms with Gasteiger partial charge in [-0.05, 0) is 43.5 Å². The van der Waals surface area contributed by atoms with Gasteiger partial charge in [0.25, 0.3) is 5.69 Å². The topological polar surface area (TPSA) is 99.4 Å². The van der Waals surface area contributed by atoms with Crippen LogP contribution in [0.3, 0.4) is 0 Å². The number of non-ortho nitro benzene ring substituents is 1. The van der Waals surface area contributed by atoms with Crippen LogP contribution in [0.2, 0.25) is 0 Å². The van der Waals surface area contributed by atoms with E-state index in [-0.39, 0.29) is 11.3 Å². The van der Waals surface area contributed by atoms with Crippen molar-refractivity contribution in [1.82, 2.24) is 4.98 Å². The molecule has 0 spiro atoms. The second-order valence-corrected chi connectivity index (χ2v) is 8.68. The third-order valence-corrected chi connectivity index (χ3v) is 5.97. The molecule has 0 aliphatic heterocycles. The minimum Gasteiger partial charge on any atom is -0.454 e. The van der Waals surface area contributed by atoms with Crippen molar-refractivity contribution in [3.63, 3.8) is 0 Å². The van der Waals surface area contributed by atoms with Crippen LogP contribution in [-0.4, -0.2) is 28.3 Å². The molecule has 4 aromatic rings. The Bertz CT molecular complexity index is 1440. The zero-order valence-electron chi connectivity index (χ0n) is 20.2. The molecule has 1 aromatic heterocycles. The molecule has 0 saturated heterocycles. The SMILES string of the molecule is CCCCc1ccc(-c2cc(C(=O)OCC(=O)c3cccc([N+](=O)[O-])c3)c3cc(C)ccc3n2)cc1. The maximum atomic E-state index is 13.1. The zero-order chi connectivity index (χ0) is 25.7. The number of Topliss-reactive ketones (excluding diaryl/α,β-unsaturated/α-hetero) is 1. The van der Waals surface area contributed by atoms with Gasteiger partial charge >= 0.3 is 5.97 Å². The first kappa shape index (κ1) is 24.7. The van der Waals surface area contributed by atoms with E-state index in [1.165, 1.54) is 29.8 Å². The summed E-state index contributed by atoms with van der Waals surface area (Å²) in [5.41, 5.74) is 4.57. The molecule has 36 heavy (non-hydrogen) atoms. The van der Waals surface area contributed by atoms with Gasteiger partial charge in [-0.15, -0.1) is 0 Å². The van der Waals surface area contributed by atoms with Crippen molar-refractivity contribution in [1.29, 1.82) is 0 Å². The van der Waals surface area contributed by atoms with Gasteiger partial charge in [0.05, 0.1) is 21.7 Å². The Morgan fingerprint density at radius 1 is 1.00 bits per heavy atom. The minimum atomic E-state index is -0.660. The van der Waals surface area contributed by atoms with E-state index in [0.29, 0.717) is 22.2 Å². The van der Waals surface area contributed by atoms with Crippen molar-refractivity contribution in [2.45, 2.75) is 33.1 Å². The highest BCUT2D eigenvalue weighted by atomic mass is 16.6. The Kier molecular flexibility index (Phi) is 7.49. The number of nitrogens with zero attached hydrogens (tertiary/aromatic N) is 2. The lowest BCUT2D eigenvalue weighted by Crippen LogP contribution is -2.15. The quantitative estimate of drug-likeness (QED) is 0.117. The number of hydrogen-bond acceptors (Lipinski definition) is 6. The number of aryl methyl sites for hydroxylation is 2. The van der Waals surface area contributed by atoms with Crippen molar-refractivity contribution in [3.05, 3.63) is 105 Å². The van der Waals surface area contributed by atoms with E-state index in [2.05, 4.69) is 19.1 Å². The van der Waals surface area contributed by atoms with Gasteiger partial charge in [0.1, 0.15) is 0 Å². The number of pyridine rings is 1. The third-order valence-electron chi connectivity index (χ3n) is 5.97. The van der Waals surface area contributed by atoms with Crippen LogP contribution in [-0.2, 0) is 11.2 Å². The summed E-state index contributed by atoms with van der Waals surface area (Å²) in [4.78, 5) is 40.9. The van der Waals surface area contributed by atoms with E-state index in [9.17, 15) is 19.7 Å². The number of unbranched alkanes of at least 4 members (excludes halogenated alkanes) is 1. The molecule has 0 amide bonds. The molecule has 0 atom stereocenters. The van der Waals surface area contributed by atoms with Gasteiger partial charge < -0.3 is 4.74 Å². The fourth-order valence-electron chi connectivity index (χ4n) is 3.96. The molecule has 0 fully saturated rings. The van der Waals surface area contributed by atoms with Crippen molar-refractivity contribution in [3.8, 4) is 11.3 Å². The van der Waals surface area contributed by atoms with Gasteiger partial charge in [-0.1, -0.05) is 61.4 Å². The molecule has 3 aromatic carbocycles. The van der Waals surface area contributed by atoms with Crippen LogP contribution >= 0.6 is 0 Å². The third kappa shape index (κ3) is 5.63. The van der Waals surface area contributed by atoms with Crippen LogP contribution in [0.15, 0.2) is 72.8 Å². The maximum absolute atomic E-state index is 13.1. The molecule has 182 valence electrons. The summed E-state index contributed by atoms with van der Waals surface area (Å²) in [5, 5.41) is 11.6. The number of nitro benzene ring substituents is 1. The number of hydrogen-bond donors (Lipinski definition) is 0. The first-order valence-corrected chi connectivity index (χ1v) is 11.8. The van der Waals surface area contributed by atoms with Crippen LogP contribution in [0.4, 0.5) is 5.69 Å². The van der Waals surface area contributed by atoms with E-state index in [4.69, 9.17) is 9.72 Å². The molecular formula is C29H26N2O5. The number of ether oxygens (including phenoxy) is 1. The van der Waals surface area contributed by atoms with E-state index in [1.54, 1.807) is 6.07 Å². The fourth-order valence-corrected chi connectivity index (χ4v) is 3.96. The van der Waals surface area contributed by atoms with Crippen LogP contribution in [0.1, 0.15) is 51.6 Å². The van der Waals surface area contributed by atoms with Crippen molar-refractivity contribution in [2.24, 2.45) is 0 Å². The Balaban J connectivity index is 1.61. The lowest BCUT2D eigenvalue weighted by molar-refractivity contribution is -0.384. The molecule has 0 aliphatic rings. The molecule has 0 radical (unpaired) electrons. The normalized spacial score (nSPS) is 10.8. The summed E-state index contributed by atoms with van der Waals surface area (Å²) in [7, 11) is 0. The summed E-state index contributed by atoms with van der Waals surface area (Å²) in [6, 6.07) is 20.8. The van der Waals surface area contributed by atoms with Crippen molar-refractivity contribution < 1.29 is 19.2 Å². The zero-order valence-corrected chi connectivity index (χ0v) is 20.2. The number of carbonyl (C=O) groups is 2. The predicted octanol–water partition coefficient (Wildman–Crippen LogP) is 6.50. The van der Waals surface area contributed by atoms with Gasteiger partial charge in [-0.25, -0.2) is 9.78 Å². The average Bonchev–Trinajstić information content (AvgIpc) is 2.90. The Labute approximate surface area is 208 Å². The lowest BCUT2D eigenvalue weighted by atomic mass is 10.0. The molecule has 4 rings (SSSR count). The van der Waals surface area contributed by atoms with E-state index < -0.39 is 23.3 Å². The lowest BCUT2D eigenvalue weighted by Gasteiger charge is -2.11. The van der Waals surface area contributed by atoms with Crippen LogP contribution in [0.25, 0.3) is 22.2 Å². The maximum Gasteiger partial charge on any atom is 0.339 e. The standard InChI is InChI=1S/C29H26N2O5/c1-3-4-6-20-10-12-21(13-11-20)27-17-25(24-15-19(2)9-14-26(24)30-27)29(33)36-18-28(32)22-7-5-8-23(16-22)31(34)35/h5,7-17H,3-4,6,18H2,1-2H3. The van der Waals surface area contributed by atoms with Gasteiger partial charge in [0, 0.05) is 28.6 Å². The molecule has 7 heteroatoms. The number of rotatable bonds is 9. The van der Waals surface area contributed by atoms with E-state index >= 15 is 0 Å². The summed E-state index contributed by atoms with van der Waals surface area (Å²) in [6.45, 7) is 3.55. The number of nitro groups is 1. The minimum absolute atomic E-state index is 0.108. The average molecular weight is 483 g/mol. The Morgan fingerprint density at radius 2 is 1.78 bits per heavy atom. The molecule has 1 heterocycles. The van der Waals surface area contributed by atoms with Crippen molar-refractivity contribution >= 4 is 28.3 Å². The second kappa shape index (κ2) is 10.9. The van der Waals surface area contributed by atoms with E-state index in [1.807, 2.05) is 37.3 Å². The molecule has 0 N–H and O–H groups in total. The van der Waals surface area contributed by atoms with Gasteiger partial charge in [0.2, 0.25) is 5.78 Å². The number of benzene rings is 3. The highest BCUT2D eigenvalue weighted by Gasteiger charge is 2.18. The number of fused-ring (bicyclic) bond motifs is 1. The smallest absolute Gasteiger partial charge is 0.339 e. The summed E-state index contributed by atoms with van der Waals surface area (Å²) < 4.78 is 5.36. The molecule has 7 nitrogen and oxygen atoms in total. The fraction of sp³-hybridized carbons (Fsp3) is 0.207. The van der Waals surface area contributed by atoms with Gasteiger partial charge in [-0.2, -0.15) is 0 Å². The van der Waals surface area contributed by atoms with Crippen LogP contribution < -0.4 is 0 Å². The van der Waals surface area contributed by atoms with Crippen molar-refractivity contribution in [2.75, 3.05) is 6.61 Å². The number of carbonyl (C=O) groups excluding carboxylic acids is 2. The molecule has 0 bridgehead atoms. The highest BCUT2D eigenvalue weighted by Crippen LogP contribution is 2.27. The predicted molar refractivity (Wildman–Crippen MR) is 138 cm³/mol. The number of ketones is 1.